The van der Waals surface area contributed by atoms with Crippen molar-refractivity contribution in [2.45, 2.75) is 214 Å². The quantitative estimate of drug-likeness (QED) is 0.0410. The van der Waals surface area contributed by atoms with Crippen LogP contribution in [0.25, 0.3) is 0 Å². The van der Waals surface area contributed by atoms with Gasteiger partial charge in [0.2, 0.25) is 11.8 Å². The minimum Gasteiger partial charge on any atom is -1.00 e. The summed E-state index contributed by atoms with van der Waals surface area (Å²) in [5.74, 6) is -2.81. The van der Waals surface area contributed by atoms with Crippen LogP contribution in [0, 0.1) is 0 Å². The number of rotatable bonds is 39. The molecule has 12 nitrogen and oxygen atoms in total. The molecular weight excluding hydrogens is 1020 g/mol. The van der Waals surface area contributed by atoms with Crippen LogP contribution in [0.15, 0.2) is 0 Å². The molecule has 0 aromatic carbocycles. The maximum atomic E-state index is 12.6. The van der Waals surface area contributed by atoms with Gasteiger partial charge in [-0.2, -0.15) is 0 Å². The fourth-order valence-corrected chi connectivity index (χ4v) is 19.4. The molecule has 0 unspecified atom stereocenters. The second kappa shape index (κ2) is 41.1. The zero-order chi connectivity index (χ0) is 48.3. The van der Waals surface area contributed by atoms with Crippen molar-refractivity contribution in [2.75, 3.05) is 88.8 Å². The number of unbranched alkanes of at least 4 members (excludes halogenated alkanes) is 6. The Kier molecular flexibility index (Phi) is 42.1. The van der Waals surface area contributed by atoms with Gasteiger partial charge in [-0.25, -0.2) is 0 Å². The van der Waals surface area contributed by atoms with Crippen LogP contribution < -0.4 is 44.6 Å². The molecule has 2 fully saturated rings. The van der Waals surface area contributed by atoms with Gasteiger partial charge in [0.1, 0.15) is 0 Å². The number of carboxylic acid groups (broad SMARTS) is 1. The molecule has 2 saturated heterocycles. The van der Waals surface area contributed by atoms with Crippen molar-refractivity contribution < 1.29 is 81.9 Å². The van der Waals surface area contributed by atoms with Crippen LogP contribution in [0.4, 0.5) is 0 Å². The predicted octanol–water partition coefficient (Wildman–Crippen LogP) is 5.47. The van der Waals surface area contributed by atoms with Crippen molar-refractivity contribution in [3.8, 4) is 0 Å². The van der Waals surface area contributed by atoms with Gasteiger partial charge in [-0.15, -0.1) is 0 Å². The lowest BCUT2D eigenvalue weighted by atomic mass is 10.0. The molecule has 0 saturated carbocycles. The summed E-state index contributed by atoms with van der Waals surface area (Å²) in [4.78, 5) is 47.8. The summed E-state index contributed by atoms with van der Waals surface area (Å²) in [6.45, 7) is 20.8. The summed E-state index contributed by atoms with van der Waals surface area (Å²) < 4.78 is 28.2. The number of nitrogens with one attached hydrogen (secondary N) is 2. The lowest BCUT2D eigenvalue weighted by molar-refractivity contribution is -0.177. The Labute approximate surface area is 431 Å². The zero-order valence-corrected chi connectivity index (χ0v) is 48.8. The number of carbonyl (C=O) groups excluding carboxylic acids is 3. The summed E-state index contributed by atoms with van der Waals surface area (Å²) in [5.41, 5.74) is 0. The Balaban J connectivity index is 0. The maximum Gasteiger partial charge on any atom is 0.306 e. The van der Waals surface area contributed by atoms with E-state index in [-0.39, 0.29) is 77.1 Å². The molecule has 0 aromatic rings. The zero-order valence-electron chi connectivity index (χ0n) is 43.8. The van der Waals surface area contributed by atoms with E-state index in [1.807, 2.05) is 13.8 Å². The molecule has 3 N–H and O–H groups in total. The molecule has 2 aliphatic heterocycles. The van der Waals surface area contributed by atoms with Crippen molar-refractivity contribution in [2.24, 2.45) is 0 Å². The molecule has 398 valence electrons. The number of hydrogen-bond donors (Lipinski definition) is 3. The summed E-state index contributed by atoms with van der Waals surface area (Å²) in [6.07, 6.45) is 31.3. The van der Waals surface area contributed by atoms with Gasteiger partial charge in [-0.3, -0.25) is 19.2 Å². The van der Waals surface area contributed by atoms with Gasteiger partial charge in [0.25, 0.3) is 0 Å². The predicted molar refractivity (Wildman–Crippen MR) is 273 cm³/mol. The summed E-state index contributed by atoms with van der Waals surface area (Å²) >= 11 is 0. The van der Waals surface area contributed by atoms with E-state index < -0.39 is 32.1 Å². The van der Waals surface area contributed by atoms with E-state index in [4.69, 9.17) is 28.8 Å². The standard InChI is InChI=1S/C27H52NO5P.C24H46NO5P.2BrH/c1-6-9-20-34(21-10-7-2,22-11-8-3)23-12-17-28-25(29)13-15-27(31-18-19-32-27)16-14-26(30)33-24(4)5;1-4-7-18-31(19-8-5-2,20-9-6-3)21-10-15-25-22(26)11-13-24(14-12-23(27)28)29-16-17-30-24;;/h24H,6-23H2,1-5H3;4-21H2,1-3H3,(H-,25,26,27,28);2*1H. The molecule has 0 spiro atoms. The second-order valence-corrected chi connectivity index (χ2v) is 28.1. The molecule has 0 atom stereocenters. The number of amides is 2. The van der Waals surface area contributed by atoms with Crippen LogP contribution in [0.2, 0.25) is 0 Å². The number of carboxylic acids is 1. The van der Waals surface area contributed by atoms with Crippen LogP contribution in [-0.2, 0) is 42.9 Å². The lowest BCUT2D eigenvalue weighted by Crippen LogP contribution is -3.00. The summed E-state index contributed by atoms with van der Waals surface area (Å²) in [7, 11) is -1.83. The van der Waals surface area contributed by atoms with Gasteiger partial charge in [0.15, 0.2) is 11.6 Å². The summed E-state index contributed by atoms with van der Waals surface area (Å²) in [5, 5.41) is 15.2. The average molecular weight is 1120 g/mol. The van der Waals surface area contributed by atoms with E-state index in [0.29, 0.717) is 58.5 Å². The van der Waals surface area contributed by atoms with Crippen molar-refractivity contribution in [1.82, 2.24) is 10.6 Å². The fraction of sp³-hybridized carbons (Fsp3) is 0.922. The van der Waals surface area contributed by atoms with Crippen LogP contribution in [0.3, 0.4) is 0 Å². The smallest absolute Gasteiger partial charge is 0.306 e. The molecule has 0 radical (unpaired) electrons. The highest BCUT2D eigenvalue weighted by Gasteiger charge is 2.39. The van der Waals surface area contributed by atoms with E-state index in [1.165, 1.54) is 126 Å². The molecular formula is C51H100Br2N2O10P2. The summed E-state index contributed by atoms with van der Waals surface area (Å²) in [6, 6.07) is 0. The van der Waals surface area contributed by atoms with E-state index >= 15 is 0 Å². The molecule has 2 aliphatic rings. The number of aliphatic carboxylic acids is 1. The van der Waals surface area contributed by atoms with Crippen molar-refractivity contribution in [3.05, 3.63) is 0 Å². The van der Waals surface area contributed by atoms with E-state index in [2.05, 4.69) is 52.2 Å². The first-order valence-corrected chi connectivity index (χ1v) is 31.5. The molecule has 2 amide bonds. The van der Waals surface area contributed by atoms with E-state index in [9.17, 15) is 19.2 Å². The minimum atomic E-state index is -0.915. The third-order valence-corrected chi connectivity index (χ3v) is 23.2. The number of halogens is 2. The Bertz CT molecular complexity index is 1230. The third kappa shape index (κ3) is 31.6. The maximum absolute atomic E-state index is 12.6. The normalized spacial score (nSPS) is 15.2. The number of carbonyl (C=O) groups is 4. The van der Waals surface area contributed by atoms with Crippen molar-refractivity contribution in [3.63, 3.8) is 0 Å². The molecule has 0 aromatic heterocycles. The Morgan fingerprint density at radius 2 is 0.776 bits per heavy atom. The van der Waals surface area contributed by atoms with Gasteiger partial charge in [0, 0.05) is 66.1 Å². The Hall–Kier alpha value is -0.460. The van der Waals surface area contributed by atoms with Gasteiger partial charge >= 0.3 is 11.9 Å². The topological polar surface area (TPSA) is 159 Å². The number of esters is 1. The van der Waals surface area contributed by atoms with Gasteiger partial charge in [0.05, 0.1) is 94.7 Å². The SMILES string of the molecule is CCCC[P+](CCCC)(CCCC)CCCNC(=O)CCC1(CCC(=O)O)OCCO1.CCCC[P+](CCCC)(CCCC)CCCNC(=O)CCC1(CCC(=O)OC(C)C)OCCO1.[Br-].[Br-]. The first kappa shape index (κ1) is 68.6. The van der Waals surface area contributed by atoms with Gasteiger partial charge in [-0.05, 0) is 65.2 Å². The highest BCUT2D eigenvalue weighted by Crippen LogP contribution is 2.62. The highest BCUT2D eigenvalue weighted by molar-refractivity contribution is 7.76. The monoisotopic (exact) mass is 1120 g/mol. The second-order valence-electron chi connectivity index (χ2n) is 19.1. The van der Waals surface area contributed by atoms with Crippen LogP contribution in [0.1, 0.15) is 197 Å². The van der Waals surface area contributed by atoms with Gasteiger partial charge < -0.3 is 73.4 Å². The van der Waals surface area contributed by atoms with Crippen LogP contribution in [-0.4, -0.2) is 135 Å². The number of hydrogen-bond acceptors (Lipinski definition) is 9. The average Bonchev–Trinajstić information content (AvgIpc) is 3.98. The Morgan fingerprint density at radius 1 is 0.493 bits per heavy atom. The van der Waals surface area contributed by atoms with Gasteiger partial charge in [-0.1, -0.05) is 80.1 Å². The first-order valence-electron chi connectivity index (χ1n) is 26.4. The lowest BCUT2D eigenvalue weighted by Gasteiger charge is -2.28. The van der Waals surface area contributed by atoms with Crippen molar-refractivity contribution in [1.29, 1.82) is 0 Å². The highest BCUT2D eigenvalue weighted by atomic mass is 79.9. The first-order chi connectivity index (χ1) is 31.2. The Morgan fingerprint density at radius 3 is 1.06 bits per heavy atom. The van der Waals surface area contributed by atoms with E-state index in [1.54, 1.807) is 0 Å². The molecule has 0 aliphatic carbocycles. The largest absolute Gasteiger partial charge is 1.00 e. The van der Waals surface area contributed by atoms with Crippen LogP contribution >= 0.6 is 14.5 Å². The van der Waals surface area contributed by atoms with Crippen molar-refractivity contribution >= 4 is 38.3 Å². The molecule has 67 heavy (non-hydrogen) atoms. The molecule has 0 bridgehead atoms. The number of ether oxygens (including phenoxy) is 5. The minimum absolute atomic E-state index is 0. The molecule has 2 rings (SSSR count). The molecule has 16 heteroatoms. The third-order valence-electron chi connectivity index (χ3n) is 13.1. The van der Waals surface area contributed by atoms with E-state index in [0.717, 1.165) is 25.9 Å². The fourth-order valence-electron chi connectivity index (χ4n) is 9.11. The van der Waals surface area contributed by atoms with Crippen LogP contribution in [0.5, 0.6) is 0 Å². The molecule has 2 heterocycles.